The maximum atomic E-state index is 11.4. The topological polar surface area (TPSA) is 38.3 Å². The van der Waals surface area contributed by atoms with Crippen LogP contribution in [0.4, 0.5) is 0 Å². The Morgan fingerprint density at radius 1 is 1.62 bits per heavy atom. The first-order valence-corrected chi connectivity index (χ1v) is 5.00. The fourth-order valence-electron chi connectivity index (χ4n) is 2.44. The fraction of sp³-hybridized carbons (Fsp3) is 0.900. The molecule has 13 heavy (non-hydrogen) atoms. The molecule has 0 bridgehead atoms. The number of carbonyl (C=O) groups excluding carboxylic acids is 1. The van der Waals surface area contributed by atoms with Crippen LogP contribution in [-0.2, 0) is 9.53 Å². The molecule has 0 aromatic carbocycles. The summed E-state index contributed by atoms with van der Waals surface area (Å²) < 4.78 is 5.38. The van der Waals surface area contributed by atoms with Crippen molar-refractivity contribution in [2.45, 2.75) is 20.3 Å². The van der Waals surface area contributed by atoms with E-state index in [4.69, 9.17) is 4.74 Å². The summed E-state index contributed by atoms with van der Waals surface area (Å²) in [6.07, 6.45) is 1.11. The van der Waals surface area contributed by atoms with Crippen LogP contribution in [0.2, 0.25) is 0 Å². The zero-order valence-electron chi connectivity index (χ0n) is 8.30. The summed E-state index contributed by atoms with van der Waals surface area (Å²) in [5.74, 6) is 0.898. The highest BCUT2D eigenvalue weighted by Gasteiger charge is 2.48. The second-order valence-corrected chi connectivity index (χ2v) is 4.51. The molecule has 2 saturated heterocycles. The van der Waals surface area contributed by atoms with Crippen molar-refractivity contribution in [2.75, 3.05) is 19.8 Å². The Kier molecular flexibility index (Phi) is 2.06. The molecule has 2 heterocycles. The molecule has 0 saturated carbocycles. The summed E-state index contributed by atoms with van der Waals surface area (Å²) in [6, 6.07) is 0. The highest BCUT2D eigenvalue weighted by Crippen LogP contribution is 2.42. The van der Waals surface area contributed by atoms with E-state index in [-0.39, 0.29) is 17.2 Å². The van der Waals surface area contributed by atoms with Gasteiger partial charge in [-0.1, -0.05) is 13.8 Å². The molecule has 1 N–H and O–H groups in total. The van der Waals surface area contributed by atoms with Gasteiger partial charge in [0, 0.05) is 24.5 Å². The SMILES string of the molecule is CC1C(=O)NCC1(C)C1CCOC1. The highest BCUT2D eigenvalue weighted by atomic mass is 16.5. The van der Waals surface area contributed by atoms with E-state index in [1.165, 1.54) is 0 Å². The standard InChI is InChI=1S/C10H17NO2/c1-7-9(12)11-6-10(7,2)8-3-4-13-5-8/h7-8H,3-6H2,1-2H3,(H,11,12). The molecule has 3 unspecified atom stereocenters. The number of carbonyl (C=O) groups is 1. The molecule has 3 heteroatoms. The lowest BCUT2D eigenvalue weighted by Crippen LogP contribution is -2.34. The lowest BCUT2D eigenvalue weighted by molar-refractivity contribution is -0.123. The van der Waals surface area contributed by atoms with Crippen molar-refractivity contribution in [1.82, 2.24) is 5.32 Å². The molecular formula is C10H17NO2. The van der Waals surface area contributed by atoms with Crippen LogP contribution >= 0.6 is 0 Å². The Morgan fingerprint density at radius 2 is 2.38 bits per heavy atom. The van der Waals surface area contributed by atoms with Gasteiger partial charge in [0.15, 0.2) is 0 Å². The van der Waals surface area contributed by atoms with Crippen LogP contribution in [0.5, 0.6) is 0 Å². The van der Waals surface area contributed by atoms with Gasteiger partial charge in [0.25, 0.3) is 0 Å². The number of amides is 1. The summed E-state index contributed by atoms with van der Waals surface area (Å²) in [6.45, 7) is 6.74. The van der Waals surface area contributed by atoms with Gasteiger partial charge in [-0.05, 0) is 12.3 Å². The van der Waals surface area contributed by atoms with Crippen molar-refractivity contribution in [3.63, 3.8) is 0 Å². The summed E-state index contributed by atoms with van der Waals surface area (Å²) in [5, 5.41) is 2.94. The van der Waals surface area contributed by atoms with Crippen LogP contribution < -0.4 is 5.32 Å². The predicted molar refractivity (Wildman–Crippen MR) is 49.2 cm³/mol. The van der Waals surface area contributed by atoms with Gasteiger partial charge in [0.2, 0.25) is 5.91 Å². The van der Waals surface area contributed by atoms with E-state index >= 15 is 0 Å². The minimum Gasteiger partial charge on any atom is -0.381 e. The monoisotopic (exact) mass is 183 g/mol. The number of hydrogen-bond donors (Lipinski definition) is 1. The van der Waals surface area contributed by atoms with Crippen LogP contribution in [0.25, 0.3) is 0 Å². The molecular weight excluding hydrogens is 166 g/mol. The molecule has 2 rings (SSSR count). The van der Waals surface area contributed by atoms with Crippen LogP contribution in [0, 0.1) is 17.3 Å². The smallest absolute Gasteiger partial charge is 0.223 e. The van der Waals surface area contributed by atoms with E-state index in [0.717, 1.165) is 26.2 Å². The zero-order valence-corrected chi connectivity index (χ0v) is 8.30. The Labute approximate surface area is 78.8 Å². The van der Waals surface area contributed by atoms with Crippen molar-refractivity contribution < 1.29 is 9.53 Å². The number of hydrogen-bond acceptors (Lipinski definition) is 2. The summed E-state index contributed by atoms with van der Waals surface area (Å²) >= 11 is 0. The average molecular weight is 183 g/mol. The first-order chi connectivity index (χ1) is 6.14. The maximum Gasteiger partial charge on any atom is 0.223 e. The third kappa shape index (κ3) is 1.26. The molecule has 1 amide bonds. The molecule has 2 fully saturated rings. The Balaban J connectivity index is 2.14. The fourth-order valence-corrected chi connectivity index (χ4v) is 2.44. The highest BCUT2D eigenvalue weighted by molar-refractivity contribution is 5.81. The van der Waals surface area contributed by atoms with Crippen LogP contribution in [0.15, 0.2) is 0 Å². The predicted octanol–water partition coefficient (Wildman–Crippen LogP) is 0.795. The van der Waals surface area contributed by atoms with E-state index in [2.05, 4.69) is 12.2 Å². The molecule has 74 valence electrons. The Hall–Kier alpha value is -0.570. The lowest BCUT2D eigenvalue weighted by atomic mass is 9.70. The van der Waals surface area contributed by atoms with E-state index in [1.54, 1.807) is 0 Å². The molecule has 0 aliphatic carbocycles. The second-order valence-electron chi connectivity index (χ2n) is 4.51. The van der Waals surface area contributed by atoms with E-state index in [0.29, 0.717) is 5.92 Å². The number of nitrogens with one attached hydrogen (secondary N) is 1. The van der Waals surface area contributed by atoms with Gasteiger partial charge in [-0.2, -0.15) is 0 Å². The Morgan fingerprint density at radius 3 is 2.85 bits per heavy atom. The van der Waals surface area contributed by atoms with Crippen molar-refractivity contribution in [2.24, 2.45) is 17.3 Å². The van der Waals surface area contributed by atoms with Gasteiger partial charge in [0.1, 0.15) is 0 Å². The van der Waals surface area contributed by atoms with Gasteiger partial charge in [-0.15, -0.1) is 0 Å². The minimum absolute atomic E-state index is 0.119. The first-order valence-electron chi connectivity index (χ1n) is 5.00. The average Bonchev–Trinajstić information content (AvgIpc) is 2.71. The normalized spacial score (nSPS) is 45.2. The third-order valence-corrected chi connectivity index (χ3v) is 3.89. The summed E-state index contributed by atoms with van der Waals surface area (Å²) in [5.41, 5.74) is 0.119. The molecule has 2 aliphatic heterocycles. The van der Waals surface area contributed by atoms with Crippen LogP contribution in [0.1, 0.15) is 20.3 Å². The largest absolute Gasteiger partial charge is 0.381 e. The van der Waals surface area contributed by atoms with Gasteiger partial charge < -0.3 is 10.1 Å². The van der Waals surface area contributed by atoms with E-state index in [9.17, 15) is 4.79 Å². The minimum atomic E-state index is 0.119. The van der Waals surface area contributed by atoms with Crippen molar-refractivity contribution in [3.8, 4) is 0 Å². The van der Waals surface area contributed by atoms with Crippen LogP contribution in [0.3, 0.4) is 0 Å². The maximum absolute atomic E-state index is 11.4. The molecule has 3 nitrogen and oxygen atoms in total. The molecule has 3 atom stereocenters. The molecule has 0 aromatic heterocycles. The number of rotatable bonds is 1. The summed E-state index contributed by atoms with van der Waals surface area (Å²) in [7, 11) is 0. The van der Waals surface area contributed by atoms with Crippen molar-refractivity contribution >= 4 is 5.91 Å². The van der Waals surface area contributed by atoms with Gasteiger partial charge in [-0.25, -0.2) is 0 Å². The van der Waals surface area contributed by atoms with Crippen LogP contribution in [-0.4, -0.2) is 25.7 Å². The van der Waals surface area contributed by atoms with Gasteiger partial charge in [-0.3, -0.25) is 4.79 Å². The molecule has 0 aromatic rings. The van der Waals surface area contributed by atoms with Gasteiger partial charge in [0.05, 0.1) is 6.61 Å². The Bertz CT molecular complexity index is 223. The lowest BCUT2D eigenvalue weighted by Gasteiger charge is -2.32. The molecule has 0 radical (unpaired) electrons. The van der Waals surface area contributed by atoms with Gasteiger partial charge >= 0.3 is 0 Å². The molecule has 2 aliphatic rings. The van der Waals surface area contributed by atoms with E-state index < -0.39 is 0 Å². The summed E-state index contributed by atoms with van der Waals surface area (Å²) in [4.78, 5) is 11.4. The van der Waals surface area contributed by atoms with Crippen molar-refractivity contribution in [3.05, 3.63) is 0 Å². The number of ether oxygens (including phenoxy) is 1. The molecule has 0 spiro atoms. The first kappa shape index (κ1) is 9.00. The van der Waals surface area contributed by atoms with Crippen molar-refractivity contribution in [1.29, 1.82) is 0 Å². The third-order valence-electron chi connectivity index (χ3n) is 3.89. The second kappa shape index (κ2) is 2.98. The zero-order chi connectivity index (χ0) is 9.47. The quantitative estimate of drug-likeness (QED) is 0.653. The van der Waals surface area contributed by atoms with E-state index in [1.807, 2.05) is 6.92 Å².